The van der Waals surface area contributed by atoms with Crippen LogP contribution in [-0.4, -0.2) is 29.1 Å². The number of carbonyl (C=O) groups excluding carboxylic acids is 2. The number of halogens is 2. The van der Waals surface area contributed by atoms with E-state index in [1.807, 2.05) is 26.0 Å². The lowest BCUT2D eigenvalue weighted by Crippen LogP contribution is -2.33. The van der Waals surface area contributed by atoms with Crippen molar-refractivity contribution in [1.29, 1.82) is 0 Å². The van der Waals surface area contributed by atoms with Gasteiger partial charge in [0.05, 0.1) is 11.4 Å². The van der Waals surface area contributed by atoms with E-state index in [-0.39, 0.29) is 17.2 Å². The Morgan fingerprint density at radius 1 is 1.23 bits per heavy atom. The van der Waals surface area contributed by atoms with E-state index in [1.165, 1.54) is 12.7 Å². The Morgan fingerprint density at radius 3 is 2.27 bits per heavy atom. The monoisotopic (exact) mass is 442 g/mol. The molecule has 0 bridgehead atoms. The Bertz CT molecular complexity index is 626. The smallest absolute Gasteiger partial charge is 0.305 e. The molecular weight excluding hydrogens is 416 g/mol. The average Bonchev–Trinajstić information content (AvgIpc) is 2.62. The van der Waals surface area contributed by atoms with Gasteiger partial charge in [-0.05, 0) is 62.8 Å². The number of Topliss-reactive ketones (excluding diaryl/α,β-unsaturated/α-hetero) is 1. The highest BCUT2D eigenvalue weighted by atomic mass is 79.9. The van der Waals surface area contributed by atoms with Gasteiger partial charge in [-0.25, -0.2) is 0 Å². The van der Waals surface area contributed by atoms with E-state index in [9.17, 15) is 9.59 Å². The summed E-state index contributed by atoms with van der Waals surface area (Å²) in [5.41, 5.74) is 2.01. The Hall–Kier alpha value is -0.870. The van der Waals surface area contributed by atoms with Gasteiger partial charge >= 0.3 is 5.97 Å². The molecule has 0 aliphatic heterocycles. The summed E-state index contributed by atoms with van der Waals surface area (Å²) < 4.78 is 4.24. The van der Waals surface area contributed by atoms with Gasteiger partial charge in [-0.15, -0.1) is 11.6 Å². The number of alkyl halides is 2. The maximum Gasteiger partial charge on any atom is 0.305 e. The molecule has 0 unspecified atom stereocenters. The van der Waals surface area contributed by atoms with Gasteiger partial charge in [0.15, 0.2) is 5.78 Å². The Balaban J connectivity index is 2.15. The van der Waals surface area contributed by atoms with E-state index in [2.05, 4.69) is 28.1 Å². The van der Waals surface area contributed by atoms with Crippen molar-refractivity contribution in [1.82, 2.24) is 0 Å². The van der Waals surface area contributed by atoms with Crippen LogP contribution >= 0.6 is 27.5 Å². The quantitative estimate of drug-likeness (QED) is 0.310. The summed E-state index contributed by atoms with van der Waals surface area (Å²) in [4.78, 5) is 24.0. The highest BCUT2D eigenvalue weighted by Crippen LogP contribution is 2.45. The topological polar surface area (TPSA) is 43.4 Å². The van der Waals surface area contributed by atoms with Crippen LogP contribution in [-0.2, 0) is 14.9 Å². The molecule has 0 saturated heterocycles. The fraction of sp³-hybridized carbons (Fsp3) is 0.619. The number of hydrogen-bond donors (Lipinski definition) is 0. The molecule has 0 radical (unpaired) electrons. The Morgan fingerprint density at radius 2 is 1.81 bits per heavy atom. The highest BCUT2D eigenvalue weighted by Gasteiger charge is 2.37. The molecule has 0 amide bonds. The van der Waals surface area contributed by atoms with E-state index in [4.69, 9.17) is 16.3 Å². The third-order valence-electron chi connectivity index (χ3n) is 5.62. The number of carbonyl (C=O) groups is 2. The predicted molar refractivity (Wildman–Crippen MR) is 109 cm³/mol. The van der Waals surface area contributed by atoms with E-state index in [0.717, 1.165) is 37.7 Å². The summed E-state index contributed by atoms with van der Waals surface area (Å²) in [5.74, 6) is 0.954. The first kappa shape index (κ1) is 21.4. The summed E-state index contributed by atoms with van der Waals surface area (Å²) in [6.07, 6.45) is 5.44. The molecule has 1 aliphatic carbocycles. The van der Waals surface area contributed by atoms with Crippen molar-refractivity contribution in [2.45, 2.75) is 62.1 Å². The normalized spacial score (nSPS) is 23.5. The molecule has 0 atom stereocenters. The zero-order valence-electron chi connectivity index (χ0n) is 15.8. The molecule has 0 heterocycles. The Kier molecular flexibility index (Phi) is 7.32. The fourth-order valence-electron chi connectivity index (χ4n) is 3.94. The van der Waals surface area contributed by atoms with Gasteiger partial charge in [0.25, 0.3) is 0 Å². The molecule has 0 N–H and O–H groups in total. The number of ether oxygens (including phenoxy) is 1. The number of hydrogen-bond acceptors (Lipinski definition) is 3. The van der Waals surface area contributed by atoms with E-state index in [0.29, 0.717) is 18.2 Å². The lowest BCUT2D eigenvalue weighted by Gasteiger charge is -2.40. The minimum Gasteiger partial charge on any atom is -0.469 e. The number of esters is 1. The highest BCUT2D eigenvalue weighted by molar-refractivity contribution is 9.10. The first-order chi connectivity index (χ1) is 12.2. The van der Waals surface area contributed by atoms with Gasteiger partial charge in [0.2, 0.25) is 0 Å². The van der Waals surface area contributed by atoms with Crippen LogP contribution in [0.4, 0.5) is 0 Å². The molecule has 1 aromatic carbocycles. The zero-order chi connectivity index (χ0) is 19.4. The second kappa shape index (κ2) is 8.88. The van der Waals surface area contributed by atoms with Crippen molar-refractivity contribution in [3.8, 4) is 0 Å². The van der Waals surface area contributed by atoms with Gasteiger partial charge in [-0.1, -0.05) is 40.2 Å². The molecule has 5 heteroatoms. The van der Waals surface area contributed by atoms with Gasteiger partial charge in [0.1, 0.15) is 0 Å². The molecule has 1 fully saturated rings. The van der Waals surface area contributed by atoms with Crippen LogP contribution in [0.5, 0.6) is 0 Å². The fourth-order valence-corrected chi connectivity index (χ4v) is 4.53. The summed E-state index contributed by atoms with van der Waals surface area (Å²) in [5, 5.41) is 0. The third-order valence-corrected chi connectivity index (χ3v) is 6.17. The van der Waals surface area contributed by atoms with Crippen LogP contribution in [0.2, 0.25) is 0 Å². The Labute approximate surface area is 170 Å². The van der Waals surface area contributed by atoms with Crippen LogP contribution in [0.1, 0.15) is 68.3 Å². The van der Waals surface area contributed by atoms with Crippen molar-refractivity contribution in [2.24, 2.45) is 5.92 Å². The first-order valence-corrected chi connectivity index (χ1v) is 10.5. The SMILES string of the molecule is COC(=O)CC1CCC(CCCl)(c2ccc(C(=O)C(C)(C)Br)cc2)CC1. The van der Waals surface area contributed by atoms with Crippen molar-refractivity contribution >= 4 is 39.3 Å². The first-order valence-electron chi connectivity index (χ1n) is 9.19. The molecule has 2 rings (SSSR count). The molecular formula is C21H28BrClO3. The van der Waals surface area contributed by atoms with Gasteiger partial charge in [-0.2, -0.15) is 0 Å². The van der Waals surface area contributed by atoms with Gasteiger partial charge in [0, 0.05) is 17.9 Å². The zero-order valence-corrected chi connectivity index (χ0v) is 18.2. The van der Waals surface area contributed by atoms with Crippen LogP contribution < -0.4 is 0 Å². The minimum absolute atomic E-state index is 0.0415. The minimum atomic E-state index is -0.561. The maximum atomic E-state index is 12.4. The van der Waals surface area contributed by atoms with E-state index >= 15 is 0 Å². The number of benzene rings is 1. The third kappa shape index (κ3) is 5.10. The van der Waals surface area contributed by atoms with Crippen LogP contribution in [0.25, 0.3) is 0 Å². The van der Waals surface area contributed by atoms with Gasteiger partial charge < -0.3 is 4.74 Å². The van der Waals surface area contributed by atoms with Crippen molar-refractivity contribution in [3.63, 3.8) is 0 Å². The average molecular weight is 444 g/mol. The molecule has 3 nitrogen and oxygen atoms in total. The molecule has 1 saturated carbocycles. The summed E-state index contributed by atoms with van der Waals surface area (Å²) in [7, 11) is 1.44. The second-order valence-corrected chi connectivity index (χ2v) is 10.2. The second-order valence-electron chi connectivity index (χ2n) is 7.82. The molecule has 0 aromatic heterocycles. The summed E-state index contributed by atoms with van der Waals surface area (Å²) in [6.45, 7) is 3.72. The van der Waals surface area contributed by atoms with Crippen LogP contribution in [0, 0.1) is 5.92 Å². The van der Waals surface area contributed by atoms with Crippen molar-refractivity contribution in [2.75, 3.05) is 13.0 Å². The summed E-state index contributed by atoms with van der Waals surface area (Å²) in [6, 6.07) is 8.02. The van der Waals surface area contributed by atoms with Crippen LogP contribution in [0.3, 0.4) is 0 Å². The number of ketones is 1. The summed E-state index contributed by atoms with van der Waals surface area (Å²) >= 11 is 9.56. The lowest BCUT2D eigenvalue weighted by molar-refractivity contribution is -0.142. The molecule has 26 heavy (non-hydrogen) atoms. The standard InChI is InChI=1S/C21H28BrClO3/c1-20(2,22)19(25)16-4-6-17(7-5-16)21(12-13-23)10-8-15(9-11-21)14-18(24)26-3/h4-7,15H,8-14H2,1-3H3. The van der Waals surface area contributed by atoms with E-state index < -0.39 is 4.32 Å². The van der Waals surface area contributed by atoms with Gasteiger partial charge in [-0.3, -0.25) is 9.59 Å². The largest absolute Gasteiger partial charge is 0.469 e. The lowest BCUT2D eigenvalue weighted by atomic mass is 9.64. The predicted octanol–water partition coefficient (Wildman–Crippen LogP) is 5.66. The number of methoxy groups -OCH3 is 1. The van der Waals surface area contributed by atoms with Crippen molar-refractivity contribution < 1.29 is 14.3 Å². The molecule has 1 aromatic rings. The van der Waals surface area contributed by atoms with Crippen molar-refractivity contribution in [3.05, 3.63) is 35.4 Å². The number of rotatable bonds is 7. The van der Waals surface area contributed by atoms with Crippen LogP contribution in [0.15, 0.2) is 24.3 Å². The van der Waals surface area contributed by atoms with E-state index in [1.54, 1.807) is 0 Å². The molecule has 0 spiro atoms. The molecule has 1 aliphatic rings. The molecule has 144 valence electrons. The maximum absolute atomic E-state index is 12.4.